The molecule has 2 aliphatic heterocycles. The Bertz CT molecular complexity index is 1230. The molecule has 2 fully saturated rings. The summed E-state index contributed by atoms with van der Waals surface area (Å²) in [6, 6.07) is 13.6. The van der Waals surface area contributed by atoms with Crippen LogP contribution in [0.2, 0.25) is 0 Å². The van der Waals surface area contributed by atoms with Crippen molar-refractivity contribution >= 4 is 27.6 Å². The Morgan fingerprint density at radius 1 is 1.08 bits per heavy atom. The van der Waals surface area contributed by atoms with E-state index < -0.39 is 22.2 Å². The van der Waals surface area contributed by atoms with Crippen LogP contribution in [0.25, 0.3) is 0 Å². The van der Waals surface area contributed by atoms with Crippen molar-refractivity contribution in [3.63, 3.8) is 0 Å². The van der Waals surface area contributed by atoms with Gasteiger partial charge in [-0.05, 0) is 69.8 Å². The number of aliphatic carboxylic acids is 1. The number of alkyl halides is 3. The second-order valence-corrected chi connectivity index (χ2v) is 10.9. The number of carbonyl (C=O) groups is 2. The van der Waals surface area contributed by atoms with E-state index in [1.165, 1.54) is 6.07 Å². The molecule has 4 rings (SSSR count). The van der Waals surface area contributed by atoms with Crippen LogP contribution in [0.4, 0.5) is 18.9 Å². The molecule has 2 atom stereocenters. The van der Waals surface area contributed by atoms with Crippen molar-refractivity contribution in [3.8, 4) is 5.75 Å². The van der Waals surface area contributed by atoms with E-state index in [2.05, 4.69) is 10.2 Å². The second kappa shape index (κ2) is 11.1. The zero-order valence-corrected chi connectivity index (χ0v) is 21.2. The lowest BCUT2D eigenvalue weighted by atomic mass is 10.2. The molecule has 0 radical (unpaired) electrons. The molecule has 0 unspecified atom stereocenters. The molecule has 202 valence electrons. The smallest absolute Gasteiger partial charge is 0.490 e. The van der Waals surface area contributed by atoms with E-state index in [0.29, 0.717) is 17.8 Å². The predicted molar refractivity (Wildman–Crippen MR) is 129 cm³/mol. The number of carbonyl (C=O) groups excluding carboxylic acids is 1. The van der Waals surface area contributed by atoms with Gasteiger partial charge in [-0.25, -0.2) is 13.2 Å². The monoisotopic (exact) mass is 543 g/mol. The third kappa shape index (κ3) is 6.99. The number of carboxylic acids is 1. The van der Waals surface area contributed by atoms with Gasteiger partial charge in [-0.1, -0.05) is 6.07 Å². The van der Waals surface area contributed by atoms with E-state index in [-0.39, 0.29) is 29.0 Å². The molecular weight excluding hydrogens is 515 g/mol. The van der Waals surface area contributed by atoms with Gasteiger partial charge < -0.3 is 20.1 Å². The average Bonchev–Trinajstić information content (AvgIpc) is 3.40. The van der Waals surface area contributed by atoms with E-state index in [1.807, 2.05) is 20.9 Å². The molecule has 2 heterocycles. The number of hydrogen-bond acceptors (Lipinski definition) is 6. The fourth-order valence-corrected chi connectivity index (χ4v) is 5.86. The van der Waals surface area contributed by atoms with Crippen LogP contribution in [0.1, 0.15) is 30.6 Å². The number of fused-ring (bicyclic) bond motifs is 2. The van der Waals surface area contributed by atoms with Crippen LogP contribution in [0, 0.1) is 0 Å². The Kier molecular flexibility index (Phi) is 8.50. The number of amides is 1. The van der Waals surface area contributed by atoms with Crippen molar-refractivity contribution in [1.82, 2.24) is 9.21 Å². The topological polar surface area (TPSA) is 116 Å². The summed E-state index contributed by atoms with van der Waals surface area (Å²) >= 11 is 0. The molecule has 0 saturated carbocycles. The Balaban J connectivity index is 0.000000479. The number of rotatable bonds is 6. The van der Waals surface area contributed by atoms with Crippen molar-refractivity contribution in [2.45, 2.75) is 49.5 Å². The molecule has 2 bridgehead atoms. The van der Waals surface area contributed by atoms with Crippen molar-refractivity contribution < 1.29 is 41.0 Å². The van der Waals surface area contributed by atoms with E-state index in [9.17, 15) is 26.4 Å². The maximum atomic E-state index is 13.2. The van der Waals surface area contributed by atoms with Gasteiger partial charge in [0.05, 0.1) is 11.0 Å². The highest BCUT2D eigenvalue weighted by molar-refractivity contribution is 7.89. The van der Waals surface area contributed by atoms with Gasteiger partial charge in [0, 0.05) is 36.4 Å². The number of sulfonamides is 1. The second-order valence-electron chi connectivity index (χ2n) is 9.03. The third-order valence-electron chi connectivity index (χ3n) is 5.89. The zero-order valence-electron chi connectivity index (χ0n) is 20.4. The molecule has 2 aromatic carbocycles. The Labute approximate surface area is 212 Å². The molecule has 2 aromatic rings. The zero-order chi connectivity index (χ0) is 27.5. The van der Waals surface area contributed by atoms with Crippen molar-refractivity contribution in [3.05, 3.63) is 54.1 Å². The normalized spacial score (nSPS) is 19.9. The quantitative estimate of drug-likeness (QED) is 0.574. The summed E-state index contributed by atoms with van der Waals surface area (Å²) in [6.45, 7) is 5.15. The number of halogens is 3. The average molecular weight is 544 g/mol. The predicted octanol–water partition coefficient (Wildman–Crippen LogP) is 3.44. The first-order valence-electron chi connectivity index (χ1n) is 11.4. The number of hydrogen-bond donors (Lipinski definition) is 2. The van der Waals surface area contributed by atoms with E-state index >= 15 is 0 Å². The first kappa shape index (κ1) is 28.4. The lowest BCUT2D eigenvalue weighted by Gasteiger charge is -2.31. The Morgan fingerprint density at radius 3 is 2.19 bits per heavy atom. The van der Waals surface area contributed by atoms with E-state index in [0.717, 1.165) is 18.7 Å². The summed E-state index contributed by atoms with van der Waals surface area (Å²) in [5, 5.41) is 9.94. The summed E-state index contributed by atoms with van der Waals surface area (Å²) in [6.07, 6.45) is -4.15. The molecule has 0 spiro atoms. The summed E-state index contributed by atoms with van der Waals surface area (Å²) in [4.78, 5) is 24.0. The van der Waals surface area contributed by atoms with Crippen LogP contribution in [0.5, 0.6) is 5.75 Å². The largest absolute Gasteiger partial charge is 0.491 e. The lowest BCUT2D eigenvalue weighted by molar-refractivity contribution is -0.192. The van der Waals surface area contributed by atoms with Crippen molar-refractivity contribution in [2.24, 2.45) is 0 Å². The van der Waals surface area contributed by atoms with Gasteiger partial charge in [0.25, 0.3) is 5.91 Å². The van der Waals surface area contributed by atoms with Gasteiger partial charge in [0.2, 0.25) is 10.0 Å². The number of carboxylic acid groups (broad SMARTS) is 1. The summed E-state index contributed by atoms with van der Waals surface area (Å²) in [7, 11) is -1.60. The van der Waals surface area contributed by atoms with Gasteiger partial charge >= 0.3 is 12.1 Å². The van der Waals surface area contributed by atoms with Crippen LogP contribution in [0.3, 0.4) is 0 Å². The third-order valence-corrected chi connectivity index (χ3v) is 7.81. The summed E-state index contributed by atoms with van der Waals surface area (Å²) in [5.74, 6) is -2.39. The van der Waals surface area contributed by atoms with Gasteiger partial charge in [-0.3, -0.25) is 4.79 Å². The van der Waals surface area contributed by atoms with E-state index in [4.69, 9.17) is 14.6 Å². The molecule has 37 heavy (non-hydrogen) atoms. The van der Waals surface area contributed by atoms with Crippen LogP contribution < -0.4 is 10.1 Å². The minimum Gasteiger partial charge on any atom is -0.491 e. The molecule has 13 heteroatoms. The summed E-state index contributed by atoms with van der Waals surface area (Å²) in [5.41, 5.74) is 0.921. The van der Waals surface area contributed by atoms with Gasteiger partial charge in [0.1, 0.15) is 5.75 Å². The first-order chi connectivity index (χ1) is 17.2. The standard InChI is InChI=1S/C22H27N3O4S.C2HF3O2/c1-15(2)29-20-9-7-17(8-10-20)23-22(26)16-5-4-6-21(11-16)30(27,28)25-14-18-12-19(25)13-24(18)3;3-2(4,5)1(6)7/h4-11,15,18-19H,12-14H2,1-3H3,(H,23,26);(H,6,7)/t18-,19-;/m0./s1. The van der Waals surface area contributed by atoms with Crippen LogP contribution in [-0.4, -0.2) is 79.1 Å². The highest BCUT2D eigenvalue weighted by Gasteiger charge is 2.47. The molecule has 0 aliphatic carbocycles. The Morgan fingerprint density at radius 2 is 1.70 bits per heavy atom. The maximum Gasteiger partial charge on any atom is 0.490 e. The fraction of sp³-hybridized carbons (Fsp3) is 0.417. The SMILES string of the molecule is CC(C)Oc1ccc(NC(=O)c2cccc(S(=O)(=O)N3C[C@@H]4C[C@H]3CN4C)c2)cc1.O=C(O)C(F)(F)F. The molecule has 0 aromatic heterocycles. The minimum absolute atomic E-state index is 0.00838. The number of likely N-dealkylation sites (tertiary alicyclic amines) is 1. The minimum atomic E-state index is -5.08. The molecule has 1 amide bonds. The summed E-state index contributed by atoms with van der Waals surface area (Å²) < 4.78 is 65.2. The number of anilines is 1. The van der Waals surface area contributed by atoms with Gasteiger partial charge in [0.15, 0.2) is 0 Å². The first-order valence-corrected chi connectivity index (χ1v) is 12.8. The maximum absolute atomic E-state index is 13.2. The van der Waals surface area contributed by atoms with Crippen LogP contribution in [-0.2, 0) is 14.8 Å². The molecule has 2 aliphatic rings. The molecule has 2 saturated heterocycles. The Hall–Kier alpha value is -3.16. The highest BCUT2D eigenvalue weighted by Crippen LogP contribution is 2.34. The number of likely N-dealkylation sites (N-methyl/N-ethyl adjacent to an activating group) is 1. The molecular formula is C24H28F3N3O6S. The number of nitrogens with zero attached hydrogens (tertiary/aromatic N) is 2. The van der Waals surface area contributed by atoms with Crippen molar-refractivity contribution in [2.75, 3.05) is 25.5 Å². The number of nitrogens with one attached hydrogen (secondary N) is 1. The highest BCUT2D eigenvalue weighted by atomic mass is 32.2. The van der Waals surface area contributed by atoms with Gasteiger partial charge in [-0.2, -0.15) is 17.5 Å². The van der Waals surface area contributed by atoms with E-state index in [1.54, 1.807) is 46.8 Å². The number of benzene rings is 2. The molecule has 9 nitrogen and oxygen atoms in total. The fourth-order valence-electron chi connectivity index (χ4n) is 4.15. The number of ether oxygens (including phenoxy) is 1. The molecule has 2 N–H and O–H groups in total. The van der Waals surface area contributed by atoms with Crippen LogP contribution >= 0.6 is 0 Å². The lowest BCUT2D eigenvalue weighted by Crippen LogP contribution is -2.47. The van der Waals surface area contributed by atoms with Crippen LogP contribution in [0.15, 0.2) is 53.4 Å². The number of piperazine rings is 1. The van der Waals surface area contributed by atoms with Gasteiger partial charge in [-0.15, -0.1) is 0 Å². The van der Waals surface area contributed by atoms with Crippen molar-refractivity contribution in [1.29, 1.82) is 0 Å².